The number of likely N-dealkylation sites (N-methyl/N-ethyl adjacent to an activating group) is 1. The first-order chi connectivity index (χ1) is 12.2. The Morgan fingerprint density at radius 1 is 1.12 bits per heavy atom. The van der Waals surface area contributed by atoms with Gasteiger partial charge in [-0.15, -0.1) is 0 Å². The molecule has 0 radical (unpaired) electrons. The molecule has 0 saturated carbocycles. The highest BCUT2D eigenvalue weighted by atomic mass is 19.1. The summed E-state index contributed by atoms with van der Waals surface area (Å²) in [4.78, 5) is 16.6. The molecule has 0 spiro atoms. The van der Waals surface area contributed by atoms with Crippen LogP contribution in [0.4, 0.5) is 10.3 Å². The molecule has 0 atom stereocenters. The molecule has 0 aliphatic carbocycles. The Morgan fingerprint density at radius 3 is 2.52 bits per heavy atom. The lowest BCUT2D eigenvalue weighted by molar-refractivity contribution is -0.115. The lowest BCUT2D eigenvalue weighted by atomic mass is 10.2. The molecule has 2 aromatic carbocycles. The van der Waals surface area contributed by atoms with E-state index in [1.54, 1.807) is 16.7 Å². The maximum Gasteiger partial charge on any atom is 0.240 e. The van der Waals surface area contributed by atoms with E-state index in [2.05, 4.69) is 15.6 Å². The van der Waals surface area contributed by atoms with Gasteiger partial charge in [0, 0.05) is 17.4 Å². The summed E-state index contributed by atoms with van der Waals surface area (Å²) in [6, 6.07) is 15.7. The Bertz CT molecular complexity index is 844. The number of amides is 1. The molecule has 0 fully saturated rings. The third kappa shape index (κ3) is 4.10. The van der Waals surface area contributed by atoms with Gasteiger partial charge in [0.1, 0.15) is 5.82 Å². The first-order valence-corrected chi connectivity index (χ1v) is 8.08. The smallest absolute Gasteiger partial charge is 0.240 e. The third-order valence-electron chi connectivity index (χ3n) is 3.67. The Hall–Kier alpha value is -2.99. The zero-order chi connectivity index (χ0) is 17.6. The number of anilines is 1. The first-order valence-electron chi connectivity index (χ1n) is 8.08. The Labute approximate surface area is 145 Å². The number of aromatic nitrogens is 2. The van der Waals surface area contributed by atoms with Crippen LogP contribution in [0.5, 0.6) is 0 Å². The van der Waals surface area contributed by atoms with Crippen LogP contribution in [0, 0.1) is 5.82 Å². The molecule has 0 aliphatic heterocycles. The van der Waals surface area contributed by atoms with E-state index in [4.69, 9.17) is 0 Å². The van der Waals surface area contributed by atoms with Crippen molar-refractivity contribution in [1.29, 1.82) is 0 Å². The predicted octanol–water partition coefficient (Wildman–Crippen LogP) is 3.23. The van der Waals surface area contributed by atoms with Crippen LogP contribution in [0.1, 0.15) is 6.92 Å². The molecule has 3 aromatic rings. The highest BCUT2D eigenvalue weighted by Crippen LogP contribution is 2.24. The number of imidazole rings is 1. The minimum atomic E-state index is -0.315. The van der Waals surface area contributed by atoms with Crippen molar-refractivity contribution in [3.63, 3.8) is 0 Å². The normalized spacial score (nSPS) is 10.6. The van der Waals surface area contributed by atoms with Crippen LogP contribution < -0.4 is 10.6 Å². The van der Waals surface area contributed by atoms with Gasteiger partial charge in [-0.25, -0.2) is 9.37 Å². The molecule has 0 saturated heterocycles. The molecule has 0 aliphatic rings. The van der Waals surface area contributed by atoms with Gasteiger partial charge < -0.3 is 5.32 Å². The Morgan fingerprint density at radius 2 is 1.84 bits per heavy atom. The highest BCUT2D eigenvalue weighted by Gasteiger charge is 2.13. The van der Waals surface area contributed by atoms with Gasteiger partial charge in [0.2, 0.25) is 11.9 Å². The molecule has 0 bridgehead atoms. The fourth-order valence-corrected chi connectivity index (χ4v) is 2.42. The molecule has 128 valence electrons. The molecule has 3 rings (SSSR count). The molecule has 25 heavy (non-hydrogen) atoms. The number of carbonyl (C=O) groups is 1. The SMILES string of the molecule is CCNCC(=O)Nc1nc(-c2ccccc2)cn1-c1ccc(F)cc1. The zero-order valence-corrected chi connectivity index (χ0v) is 13.9. The lowest BCUT2D eigenvalue weighted by Crippen LogP contribution is -2.28. The van der Waals surface area contributed by atoms with Crippen molar-refractivity contribution in [3.8, 4) is 16.9 Å². The second-order valence-corrected chi connectivity index (χ2v) is 5.49. The molecule has 1 aromatic heterocycles. The average Bonchev–Trinajstić information content (AvgIpc) is 3.05. The van der Waals surface area contributed by atoms with E-state index in [9.17, 15) is 9.18 Å². The van der Waals surface area contributed by atoms with Gasteiger partial charge in [-0.3, -0.25) is 14.7 Å². The zero-order valence-electron chi connectivity index (χ0n) is 13.9. The van der Waals surface area contributed by atoms with Gasteiger partial charge in [0.05, 0.1) is 12.2 Å². The van der Waals surface area contributed by atoms with Crippen molar-refractivity contribution < 1.29 is 9.18 Å². The van der Waals surface area contributed by atoms with Crippen LogP contribution in [0.3, 0.4) is 0 Å². The maximum absolute atomic E-state index is 13.2. The summed E-state index contributed by atoms with van der Waals surface area (Å²) in [5.74, 6) is -0.103. The summed E-state index contributed by atoms with van der Waals surface area (Å²) in [7, 11) is 0. The number of nitrogens with one attached hydrogen (secondary N) is 2. The molecule has 1 amide bonds. The first kappa shape index (κ1) is 16.9. The summed E-state index contributed by atoms with van der Waals surface area (Å²) in [5, 5.41) is 5.78. The fourth-order valence-electron chi connectivity index (χ4n) is 2.42. The van der Waals surface area contributed by atoms with Gasteiger partial charge in [0.15, 0.2) is 0 Å². The molecular formula is C19H19FN4O. The van der Waals surface area contributed by atoms with Crippen LogP contribution >= 0.6 is 0 Å². The van der Waals surface area contributed by atoms with Gasteiger partial charge in [-0.2, -0.15) is 0 Å². The molecule has 0 unspecified atom stereocenters. The summed E-state index contributed by atoms with van der Waals surface area (Å²) in [6.07, 6.45) is 1.82. The van der Waals surface area contributed by atoms with Crippen LogP contribution in [0.2, 0.25) is 0 Å². The van der Waals surface area contributed by atoms with Crippen molar-refractivity contribution in [2.24, 2.45) is 0 Å². The summed E-state index contributed by atoms with van der Waals surface area (Å²) in [6.45, 7) is 2.84. The number of benzene rings is 2. The second kappa shape index (κ2) is 7.72. The van der Waals surface area contributed by atoms with E-state index < -0.39 is 0 Å². The monoisotopic (exact) mass is 338 g/mol. The van der Waals surface area contributed by atoms with E-state index in [0.29, 0.717) is 12.5 Å². The Kier molecular flexibility index (Phi) is 5.20. The summed E-state index contributed by atoms with van der Waals surface area (Å²) < 4.78 is 15.0. The van der Waals surface area contributed by atoms with Crippen molar-refractivity contribution in [1.82, 2.24) is 14.9 Å². The maximum atomic E-state index is 13.2. The van der Waals surface area contributed by atoms with Gasteiger partial charge in [0.25, 0.3) is 0 Å². The van der Waals surface area contributed by atoms with Gasteiger partial charge in [-0.1, -0.05) is 37.3 Å². The predicted molar refractivity (Wildman–Crippen MR) is 96.1 cm³/mol. The number of carbonyl (C=O) groups excluding carboxylic acids is 1. The van der Waals surface area contributed by atoms with E-state index in [1.807, 2.05) is 43.5 Å². The van der Waals surface area contributed by atoms with Crippen molar-refractivity contribution in [2.75, 3.05) is 18.4 Å². The van der Waals surface area contributed by atoms with Gasteiger partial charge >= 0.3 is 0 Å². The number of hydrogen-bond donors (Lipinski definition) is 2. The highest BCUT2D eigenvalue weighted by molar-refractivity contribution is 5.91. The minimum Gasteiger partial charge on any atom is -0.309 e. The molecule has 6 heteroatoms. The van der Waals surface area contributed by atoms with E-state index in [-0.39, 0.29) is 18.3 Å². The van der Waals surface area contributed by atoms with Crippen molar-refractivity contribution in [2.45, 2.75) is 6.92 Å². The summed E-state index contributed by atoms with van der Waals surface area (Å²) >= 11 is 0. The van der Waals surface area contributed by atoms with Crippen LogP contribution in [0.25, 0.3) is 16.9 Å². The number of rotatable bonds is 6. The number of halogens is 1. The molecule has 5 nitrogen and oxygen atoms in total. The van der Waals surface area contributed by atoms with Gasteiger partial charge in [-0.05, 0) is 30.8 Å². The van der Waals surface area contributed by atoms with E-state index in [1.165, 1.54) is 12.1 Å². The van der Waals surface area contributed by atoms with E-state index in [0.717, 1.165) is 16.9 Å². The van der Waals surface area contributed by atoms with Crippen LogP contribution in [0.15, 0.2) is 60.8 Å². The standard InChI is InChI=1S/C19H19FN4O/c1-2-21-12-18(25)23-19-22-17(14-6-4-3-5-7-14)13-24(19)16-10-8-15(20)9-11-16/h3-11,13,21H,2,12H2,1H3,(H,22,23,25). The lowest BCUT2D eigenvalue weighted by Gasteiger charge is -2.09. The van der Waals surface area contributed by atoms with Crippen molar-refractivity contribution in [3.05, 3.63) is 66.6 Å². The van der Waals surface area contributed by atoms with Crippen LogP contribution in [-0.2, 0) is 4.79 Å². The third-order valence-corrected chi connectivity index (χ3v) is 3.67. The average molecular weight is 338 g/mol. The Balaban J connectivity index is 1.97. The molecule has 2 N–H and O–H groups in total. The number of hydrogen-bond acceptors (Lipinski definition) is 3. The minimum absolute atomic E-state index is 0.185. The van der Waals surface area contributed by atoms with Crippen molar-refractivity contribution >= 4 is 11.9 Å². The molecular weight excluding hydrogens is 319 g/mol. The van der Waals surface area contributed by atoms with E-state index >= 15 is 0 Å². The quantitative estimate of drug-likeness (QED) is 0.725. The second-order valence-electron chi connectivity index (χ2n) is 5.49. The largest absolute Gasteiger partial charge is 0.309 e. The van der Waals surface area contributed by atoms with Crippen LogP contribution in [-0.4, -0.2) is 28.5 Å². The number of nitrogens with zero attached hydrogens (tertiary/aromatic N) is 2. The topological polar surface area (TPSA) is 59.0 Å². The molecule has 1 heterocycles. The fraction of sp³-hybridized carbons (Fsp3) is 0.158. The summed E-state index contributed by atoms with van der Waals surface area (Å²) in [5.41, 5.74) is 2.38.